The van der Waals surface area contributed by atoms with Crippen LogP contribution < -0.4 is 0 Å². The zero-order valence-corrected chi connectivity index (χ0v) is 31.2. The molecule has 0 saturated heterocycles. The van der Waals surface area contributed by atoms with Gasteiger partial charge in [0.2, 0.25) is 0 Å². The lowest BCUT2D eigenvalue weighted by Gasteiger charge is -2.40. The molecule has 0 aliphatic heterocycles. The first-order chi connectivity index (χ1) is 27.8. The zero-order chi connectivity index (χ0) is 36.5. The smallest absolute Gasteiger partial charge is 0.0725 e. The summed E-state index contributed by atoms with van der Waals surface area (Å²) in [7, 11) is 0. The number of hydrogen-bond donors (Lipinski definition) is 0. The van der Waals surface area contributed by atoms with E-state index in [1.54, 1.807) is 0 Å². The van der Waals surface area contributed by atoms with Crippen molar-refractivity contribution in [2.24, 2.45) is 0 Å². The predicted molar refractivity (Wildman–Crippen MR) is 239 cm³/mol. The summed E-state index contributed by atoms with van der Waals surface area (Å²) in [6.07, 6.45) is 0. The van der Waals surface area contributed by atoms with Crippen LogP contribution in [-0.4, -0.2) is 0 Å². The van der Waals surface area contributed by atoms with Crippen LogP contribution in [0.3, 0.4) is 0 Å². The minimum Gasteiger partial charge on any atom is -0.135 e. The van der Waals surface area contributed by atoms with Gasteiger partial charge >= 0.3 is 0 Å². The number of hydrogen-bond acceptors (Lipinski definition) is 1. The van der Waals surface area contributed by atoms with Gasteiger partial charge in [-0.05, 0) is 117 Å². The third-order valence-corrected chi connectivity index (χ3v) is 14.0. The molecule has 1 heterocycles. The molecule has 0 nitrogen and oxygen atoms in total. The first kappa shape index (κ1) is 30.5. The molecule has 0 saturated carbocycles. The normalized spacial score (nSPS) is 15.2. The number of rotatable bonds is 2. The molecule has 1 atom stereocenters. The molecule has 10 aromatic carbocycles. The molecule has 0 bridgehead atoms. The lowest BCUT2D eigenvalue weighted by atomic mass is 9.61. The van der Waals surface area contributed by atoms with Crippen molar-refractivity contribution in [1.82, 2.24) is 0 Å². The van der Waals surface area contributed by atoms with Crippen LogP contribution in [0.5, 0.6) is 0 Å². The molecule has 0 N–H and O–H groups in total. The van der Waals surface area contributed by atoms with Crippen LogP contribution in [0.15, 0.2) is 194 Å². The van der Waals surface area contributed by atoms with Gasteiger partial charge in [0.1, 0.15) is 0 Å². The summed E-state index contributed by atoms with van der Waals surface area (Å²) in [5.41, 5.74) is 15.3. The predicted octanol–water partition coefficient (Wildman–Crippen LogP) is 15.2. The van der Waals surface area contributed by atoms with Gasteiger partial charge in [0.15, 0.2) is 0 Å². The fourth-order valence-electron chi connectivity index (χ4n) is 10.6. The average Bonchev–Trinajstić information content (AvgIpc) is 3.79. The fraction of sp³-hybridized carbons (Fsp3) is 0.0182. The summed E-state index contributed by atoms with van der Waals surface area (Å²) >= 11 is 1.91. The molecule has 1 unspecified atom stereocenters. The Morgan fingerprint density at radius 1 is 0.286 bits per heavy atom. The summed E-state index contributed by atoms with van der Waals surface area (Å²) < 4.78 is 2.68. The molecule has 0 amide bonds. The van der Waals surface area contributed by atoms with Crippen LogP contribution in [0.1, 0.15) is 22.3 Å². The van der Waals surface area contributed by atoms with Crippen molar-refractivity contribution in [3.63, 3.8) is 0 Å². The highest BCUT2D eigenvalue weighted by Gasteiger charge is 2.50. The van der Waals surface area contributed by atoms with Gasteiger partial charge in [-0.3, -0.25) is 0 Å². The van der Waals surface area contributed by atoms with Crippen LogP contribution in [0.4, 0.5) is 0 Å². The first-order valence-corrected chi connectivity index (χ1v) is 20.3. The molecule has 0 radical (unpaired) electrons. The van der Waals surface area contributed by atoms with Gasteiger partial charge in [0.25, 0.3) is 0 Å². The topological polar surface area (TPSA) is 0 Å². The Balaban J connectivity index is 0.999. The van der Waals surface area contributed by atoms with Crippen LogP contribution in [0, 0.1) is 0 Å². The average molecular weight is 725 g/mol. The quantitative estimate of drug-likeness (QED) is 0.167. The lowest BCUT2D eigenvalue weighted by molar-refractivity contribution is 0.774. The minimum atomic E-state index is -0.420. The molecule has 56 heavy (non-hydrogen) atoms. The molecule has 2 aliphatic rings. The third-order valence-electron chi connectivity index (χ3n) is 12.9. The van der Waals surface area contributed by atoms with E-state index in [0.29, 0.717) is 0 Å². The second kappa shape index (κ2) is 11.1. The number of benzene rings is 10. The fourth-order valence-corrected chi connectivity index (χ4v) is 11.8. The molecule has 13 rings (SSSR count). The summed E-state index contributed by atoms with van der Waals surface area (Å²) in [6, 6.07) is 73.2. The first-order valence-electron chi connectivity index (χ1n) is 19.5. The van der Waals surface area contributed by atoms with Crippen molar-refractivity contribution in [3.8, 4) is 44.5 Å². The number of fused-ring (bicyclic) bond motifs is 16. The van der Waals surface area contributed by atoms with Crippen molar-refractivity contribution in [2.75, 3.05) is 0 Å². The Labute approximate surface area is 328 Å². The van der Waals surface area contributed by atoms with Gasteiger partial charge in [-0.15, -0.1) is 11.3 Å². The highest BCUT2D eigenvalue weighted by Crippen LogP contribution is 2.62. The van der Waals surface area contributed by atoms with E-state index in [1.807, 2.05) is 11.3 Å². The van der Waals surface area contributed by atoms with Crippen LogP contribution in [0.2, 0.25) is 0 Å². The second-order valence-corrected chi connectivity index (χ2v) is 16.6. The highest BCUT2D eigenvalue weighted by atomic mass is 32.1. The molecule has 1 heteroatoms. The minimum absolute atomic E-state index is 0.420. The Hall–Kier alpha value is -6.80. The molecule has 11 aromatic rings. The molecule has 1 spiro atoms. The number of thiophene rings is 1. The van der Waals surface area contributed by atoms with Gasteiger partial charge in [-0.2, -0.15) is 0 Å². The summed E-state index contributed by atoms with van der Waals surface area (Å²) in [5, 5.41) is 10.6. The lowest BCUT2D eigenvalue weighted by Crippen LogP contribution is -2.31. The maximum atomic E-state index is 2.50. The van der Waals surface area contributed by atoms with Gasteiger partial charge in [-0.1, -0.05) is 176 Å². The van der Waals surface area contributed by atoms with Crippen molar-refractivity contribution in [2.45, 2.75) is 5.41 Å². The van der Waals surface area contributed by atoms with E-state index in [0.717, 1.165) is 0 Å². The van der Waals surface area contributed by atoms with Crippen LogP contribution in [-0.2, 0) is 5.41 Å². The Morgan fingerprint density at radius 2 is 0.857 bits per heavy atom. The molecule has 1 aromatic heterocycles. The highest BCUT2D eigenvalue weighted by molar-refractivity contribution is 7.26. The van der Waals surface area contributed by atoms with E-state index in [2.05, 4.69) is 194 Å². The van der Waals surface area contributed by atoms with Crippen molar-refractivity contribution < 1.29 is 0 Å². The van der Waals surface area contributed by atoms with Crippen molar-refractivity contribution >= 4 is 63.8 Å². The molecule has 258 valence electrons. The maximum absolute atomic E-state index is 2.50. The molecule has 0 fully saturated rings. The van der Waals surface area contributed by atoms with Crippen LogP contribution in [0.25, 0.3) is 97.0 Å². The standard InChI is InChI=1S/C55H32S/c1-2-14-38-34(11-1)28-30-50-53(38)54-43-18-4-3-15-39(43)45(32-51(54)56-50)35-25-23-33(24-26-35)37-27-29-42-40-16-5-7-20-46(40)55(49(42)31-37)47-21-8-6-17-41(47)44-19-9-12-36-13-10-22-48(55)52(36)44/h1-32H. The van der Waals surface area contributed by atoms with E-state index in [9.17, 15) is 0 Å². The Bertz CT molecular complexity index is 3470. The summed E-state index contributed by atoms with van der Waals surface area (Å²) in [6.45, 7) is 0. The van der Waals surface area contributed by atoms with Gasteiger partial charge in [-0.25, -0.2) is 0 Å². The second-order valence-electron chi connectivity index (χ2n) is 15.5. The van der Waals surface area contributed by atoms with E-state index in [-0.39, 0.29) is 0 Å². The molecular formula is C55H32S. The third kappa shape index (κ3) is 3.88. The van der Waals surface area contributed by atoms with E-state index >= 15 is 0 Å². The monoisotopic (exact) mass is 724 g/mol. The molecule has 2 aliphatic carbocycles. The van der Waals surface area contributed by atoms with Gasteiger partial charge < -0.3 is 0 Å². The van der Waals surface area contributed by atoms with Crippen molar-refractivity contribution in [1.29, 1.82) is 0 Å². The zero-order valence-electron chi connectivity index (χ0n) is 30.4. The van der Waals surface area contributed by atoms with Crippen molar-refractivity contribution in [3.05, 3.63) is 216 Å². The Morgan fingerprint density at radius 3 is 1.68 bits per heavy atom. The maximum Gasteiger partial charge on any atom is 0.0725 e. The van der Waals surface area contributed by atoms with Gasteiger partial charge in [0, 0.05) is 20.2 Å². The summed E-state index contributed by atoms with van der Waals surface area (Å²) in [5.74, 6) is 0. The SMILES string of the molecule is c1ccc2c(c1)-c1ccc(-c3ccc(-c4cc5sc6ccc7ccccc7c6c5c5ccccc45)cc3)cc1C21c2ccccc2-c2cccc3cccc1c23. The largest absolute Gasteiger partial charge is 0.135 e. The molecular weight excluding hydrogens is 693 g/mol. The summed E-state index contributed by atoms with van der Waals surface area (Å²) in [4.78, 5) is 0. The van der Waals surface area contributed by atoms with E-state index < -0.39 is 5.41 Å². The van der Waals surface area contributed by atoms with E-state index in [4.69, 9.17) is 0 Å². The van der Waals surface area contributed by atoms with Gasteiger partial charge in [0.05, 0.1) is 5.41 Å². The van der Waals surface area contributed by atoms with E-state index in [1.165, 1.54) is 119 Å². The van der Waals surface area contributed by atoms with Crippen LogP contribution >= 0.6 is 11.3 Å². The Kier molecular flexibility index (Phi) is 6.07.